The Morgan fingerprint density at radius 1 is 1.46 bits per heavy atom. The first-order chi connectivity index (χ1) is 5.74. The number of halogens is 1. The van der Waals surface area contributed by atoms with Gasteiger partial charge in [-0.05, 0) is 24.3 Å². The van der Waals surface area contributed by atoms with Crippen molar-refractivity contribution in [1.29, 1.82) is 5.26 Å². The predicted octanol–water partition coefficient (Wildman–Crippen LogP) is -1.33. The van der Waals surface area contributed by atoms with Gasteiger partial charge in [0.05, 0.1) is 0 Å². The van der Waals surface area contributed by atoms with Crippen LogP contribution in [0.2, 0.25) is 5.02 Å². The molecule has 13 heavy (non-hydrogen) atoms. The number of hydrogen-bond donors (Lipinski definition) is 1. The van der Waals surface area contributed by atoms with E-state index in [1.165, 1.54) is 0 Å². The number of hydrogen-bond acceptors (Lipinski definition) is 2. The van der Waals surface area contributed by atoms with Crippen molar-refractivity contribution >= 4 is 17.5 Å². The molecule has 1 rings (SSSR count). The molecule has 0 aliphatic rings. The Morgan fingerprint density at radius 3 is 2.46 bits per heavy atom. The van der Waals surface area contributed by atoms with E-state index in [-0.39, 0.29) is 52.8 Å². The van der Waals surface area contributed by atoms with Gasteiger partial charge in [0.15, 0.2) is 6.19 Å². The second kappa shape index (κ2) is 6.54. The van der Waals surface area contributed by atoms with Crippen molar-refractivity contribution in [3.8, 4) is 6.19 Å². The first kappa shape index (κ1) is 13.1. The van der Waals surface area contributed by atoms with E-state index in [0.717, 1.165) is 0 Å². The maximum Gasteiger partial charge on any atom is 1.00 e. The molecule has 0 fully saturated rings. The third kappa shape index (κ3) is 4.23. The van der Waals surface area contributed by atoms with Gasteiger partial charge in [0, 0.05) is 10.6 Å². The van der Waals surface area contributed by atoms with Crippen molar-refractivity contribution in [2.24, 2.45) is 0 Å². The van der Waals surface area contributed by atoms with E-state index in [0.29, 0.717) is 10.6 Å². The fourth-order valence-corrected chi connectivity index (χ4v) is 0.850. The maximum absolute atomic E-state index is 11.0. The van der Waals surface area contributed by atoms with E-state index in [1.54, 1.807) is 30.5 Å². The zero-order valence-electron chi connectivity index (χ0n) is 8.04. The van der Waals surface area contributed by atoms with E-state index in [4.69, 9.17) is 16.9 Å². The number of rotatable bonds is 1. The molecule has 5 heteroatoms. The van der Waals surface area contributed by atoms with Crippen LogP contribution in [0.3, 0.4) is 0 Å². The molecular weight excluding hydrogens is 215 g/mol. The first-order valence-corrected chi connectivity index (χ1v) is 3.57. The van der Waals surface area contributed by atoms with Crippen molar-refractivity contribution in [1.82, 2.24) is 5.32 Å². The van der Waals surface area contributed by atoms with E-state index in [9.17, 15) is 4.79 Å². The van der Waals surface area contributed by atoms with Crippen LogP contribution in [0.25, 0.3) is 0 Å². The van der Waals surface area contributed by atoms with Crippen molar-refractivity contribution in [2.45, 2.75) is 0 Å². The maximum atomic E-state index is 11.0. The molecule has 0 heterocycles. The molecule has 0 spiro atoms. The molecule has 0 aliphatic carbocycles. The molecule has 0 radical (unpaired) electrons. The van der Waals surface area contributed by atoms with Gasteiger partial charge in [-0.25, -0.2) is 0 Å². The third-order valence-corrected chi connectivity index (χ3v) is 1.53. The van der Waals surface area contributed by atoms with Crippen LogP contribution in [0.5, 0.6) is 0 Å². The largest absolute Gasteiger partial charge is 1.00 e. The number of nitrogens with one attached hydrogen (secondary N) is 1. The molecule has 0 aliphatic heterocycles. The van der Waals surface area contributed by atoms with Gasteiger partial charge in [-0.3, -0.25) is 10.1 Å². The van der Waals surface area contributed by atoms with Gasteiger partial charge in [0.25, 0.3) is 5.91 Å². The number of benzene rings is 1. The number of nitriles is 1. The zero-order valence-corrected chi connectivity index (χ0v) is 10.9. The third-order valence-electron chi connectivity index (χ3n) is 1.28. The van der Waals surface area contributed by atoms with E-state index >= 15 is 0 Å². The topological polar surface area (TPSA) is 52.9 Å². The Morgan fingerprint density at radius 2 is 2.00 bits per heavy atom. The van der Waals surface area contributed by atoms with Gasteiger partial charge in [-0.2, -0.15) is 5.26 Å². The van der Waals surface area contributed by atoms with E-state index in [1.807, 2.05) is 5.32 Å². The van der Waals surface area contributed by atoms with Crippen molar-refractivity contribution in [3.05, 3.63) is 34.9 Å². The Balaban J connectivity index is 0. The predicted molar refractivity (Wildman–Crippen MR) is 45.6 cm³/mol. The summed E-state index contributed by atoms with van der Waals surface area (Å²) in [5, 5.41) is 10.7. The molecule has 1 aromatic rings. The molecule has 0 unspecified atom stereocenters. The Bertz CT molecular complexity index is 336. The quantitative estimate of drug-likeness (QED) is 0.362. The molecule has 3 nitrogen and oxygen atoms in total. The summed E-state index contributed by atoms with van der Waals surface area (Å²) in [6.45, 7) is 0. The second-order valence-corrected chi connectivity index (χ2v) is 2.51. The smallest absolute Gasteiger partial charge is 1.00 e. The number of nitrogens with zero attached hydrogens (tertiary/aromatic N) is 1. The monoisotopic (exact) mass is 220 g/mol. The summed E-state index contributed by atoms with van der Waals surface area (Å²) < 4.78 is 0. The summed E-state index contributed by atoms with van der Waals surface area (Å²) in [7, 11) is 0. The molecule has 0 saturated carbocycles. The van der Waals surface area contributed by atoms with Gasteiger partial charge >= 0.3 is 51.4 Å². The van der Waals surface area contributed by atoms with E-state index < -0.39 is 5.91 Å². The van der Waals surface area contributed by atoms with Crippen LogP contribution in [-0.4, -0.2) is 5.91 Å². The van der Waals surface area contributed by atoms with Crippen LogP contribution in [0.4, 0.5) is 0 Å². The second-order valence-electron chi connectivity index (χ2n) is 2.07. The SMILES string of the molecule is N#CNC(=O)c1ccc(Cl)cc1.[H-].[K+]. The van der Waals surface area contributed by atoms with Crippen molar-refractivity contribution in [2.75, 3.05) is 0 Å². The van der Waals surface area contributed by atoms with Gasteiger partial charge < -0.3 is 1.43 Å². The van der Waals surface area contributed by atoms with Crippen LogP contribution in [0, 0.1) is 11.5 Å². The average molecular weight is 221 g/mol. The fraction of sp³-hybridized carbons (Fsp3) is 0. The van der Waals surface area contributed by atoms with Crippen LogP contribution >= 0.6 is 11.6 Å². The molecule has 1 amide bonds. The van der Waals surface area contributed by atoms with Crippen molar-refractivity contribution < 1.29 is 57.6 Å². The summed E-state index contributed by atoms with van der Waals surface area (Å²) in [6.07, 6.45) is 1.55. The Kier molecular flexibility index (Phi) is 6.60. The Labute approximate surface area is 125 Å². The molecule has 0 aromatic heterocycles. The van der Waals surface area contributed by atoms with Crippen LogP contribution in [0.1, 0.15) is 11.8 Å². The fourth-order valence-electron chi connectivity index (χ4n) is 0.724. The van der Waals surface area contributed by atoms with Crippen LogP contribution < -0.4 is 56.7 Å². The number of carbonyl (C=O) groups excluding carboxylic acids is 1. The molecule has 0 bridgehead atoms. The summed E-state index contributed by atoms with van der Waals surface area (Å²) in [5.74, 6) is -0.422. The molecule has 1 N–H and O–H groups in total. The Hall–Kier alpha value is 0.106. The van der Waals surface area contributed by atoms with Crippen LogP contribution in [0.15, 0.2) is 24.3 Å². The van der Waals surface area contributed by atoms with Gasteiger partial charge in [-0.15, -0.1) is 0 Å². The number of amides is 1. The summed E-state index contributed by atoms with van der Waals surface area (Å²) in [6, 6.07) is 6.28. The minimum absolute atomic E-state index is 0. The minimum Gasteiger partial charge on any atom is -1.00 e. The molecule has 0 saturated heterocycles. The molecular formula is C8H6ClKN2O. The first-order valence-electron chi connectivity index (χ1n) is 3.19. The zero-order chi connectivity index (χ0) is 8.97. The van der Waals surface area contributed by atoms with Gasteiger partial charge in [0.1, 0.15) is 0 Å². The summed E-state index contributed by atoms with van der Waals surface area (Å²) >= 11 is 5.60. The van der Waals surface area contributed by atoms with E-state index in [2.05, 4.69) is 0 Å². The van der Waals surface area contributed by atoms with Crippen LogP contribution in [-0.2, 0) is 0 Å². The minimum atomic E-state index is -0.422. The number of carbonyl (C=O) groups is 1. The molecule has 0 atom stereocenters. The standard InChI is InChI=1S/C8H5ClN2O.K.H/c9-7-3-1-6(2-4-7)8(12)11-5-10;;/h1-4H,(H,11,12);;/q;+1;-1. The van der Waals surface area contributed by atoms with Crippen molar-refractivity contribution in [3.63, 3.8) is 0 Å². The molecule has 62 valence electrons. The average Bonchev–Trinajstić information content (AvgIpc) is 2.06. The van der Waals surface area contributed by atoms with Gasteiger partial charge in [-0.1, -0.05) is 11.6 Å². The normalized spacial score (nSPS) is 8.00. The van der Waals surface area contributed by atoms with Gasteiger partial charge in [0.2, 0.25) is 0 Å². The molecule has 1 aromatic carbocycles. The summed E-state index contributed by atoms with van der Waals surface area (Å²) in [4.78, 5) is 11.0. The summed E-state index contributed by atoms with van der Waals surface area (Å²) in [5.41, 5.74) is 0.418.